The topological polar surface area (TPSA) is 88.6 Å². The first-order valence-corrected chi connectivity index (χ1v) is 8.77. The van der Waals surface area contributed by atoms with Gasteiger partial charge in [-0.25, -0.2) is 9.59 Å². The molecule has 2 aliphatic rings. The van der Waals surface area contributed by atoms with E-state index in [2.05, 4.69) is 10.3 Å². The van der Waals surface area contributed by atoms with Gasteiger partial charge in [-0.15, -0.1) is 0 Å². The summed E-state index contributed by atoms with van der Waals surface area (Å²) in [6.07, 6.45) is 1.52. The van der Waals surface area contributed by atoms with Crippen LogP contribution in [0.2, 0.25) is 0 Å². The lowest BCUT2D eigenvalue weighted by atomic mass is 10.0. The van der Waals surface area contributed by atoms with Crippen molar-refractivity contribution < 1.29 is 19.1 Å². The number of hydrogen-bond donors (Lipinski definition) is 1. The van der Waals surface area contributed by atoms with Gasteiger partial charge in [0.25, 0.3) is 5.91 Å². The van der Waals surface area contributed by atoms with Gasteiger partial charge in [0.05, 0.1) is 11.1 Å². The summed E-state index contributed by atoms with van der Waals surface area (Å²) in [6.45, 7) is 2.19. The fraction of sp³-hybridized carbons (Fsp3) is 0.368. The van der Waals surface area contributed by atoms with E-state index in [9.17, 15) is 14.4 Å². The van der Waals surface area contributed by atoms with Crippen LogP contribution >= 0.6 is 0 Å². The lowest BCUT2D eigenvalue weighted by Crippen LogP contribution is -2.41. The van der Waals surface area contributed by atoms with E-state index in [1.165, 1.54) is 6.92 Å². The Hall–Kier alpha value is -2.96. The zero-order valence-electron chi connectivity index (χ0n) is 14.4. The van der Waals surface area contributed by atoms with Crippen molar-refractivity contribution in [1.29, 1.82) is 0 Å². The highest BCUT2D eigenvalue weighted by Crippen LogP contribution is 2.30. The molecule has 4 rings (SSSR count). The van der Waals surface area contributed by atoms with Crippen LogP contribution in [0.15, 0.2) is 24.3 Å². The molecule has 1 saturated heterocycles. The predicted molar refractivity (Wildman–Crippen MR) is 93.8 cm³/mol. The Labute approximate surface area is 150 Å². The first-order valence-electron chi connectivity index (χ1n) is 8.77. The van der Waals surface area contributed by atoms with Crippen molar-refractivity contribution in [2.75, 3.05) is 13.1 Å². The van der Waals surface area contributed by atoms with Crippen molar-refractivity contribution in [3.63, 3.8) is 0 Å². The van der Waals surface area contributed by atoms with Gasteiger partial charge in [0.1, 0.15) is 0 Å². The highest BCUT2D eigenvalue weighted by atomic mass is 16.5. The van der Waals surface area contributed by atoms with E-state index in [-0.39, 0.29) is 6.54 Å². The number of fused-ring (bicyclic) bond motifs is 2. The number of nitrogens with one attached hydrogen (secondary N) is 1. The third kappa shape index (κ3) is 2.69. The standard InChI is InChI=1S/C19H19N3O4/c1-11(17(23)22-10-9-20-19(22)25)26-18(24)16-12-5-2-3-7-14(12)21-15-8-4-6-13(15)16/h2-3,5,7,11H,4,6,8-10H2,1H3,(H,20,25). The number of esters is 1. The molecule has 1 aromatic heterocycles. The van der Waals surface area contributed by atoms with Gasteiger partial charge >= 0.3 is 12.0 Å². The maximum Gasteiger partial charge on any atom is 0.339 e. The zero-order valence-corrected chi connectivity index (χ0v) is 14.4. The number of carbonyl (C=O) groups is 3. The van der Waals surface area contributed by atoms with Gasteiger partial charge in [-0.2, -0.15) is 0 Å². The highest BCUT2D eigenvalue weighted by Gasteiger charge is 2.33. The number of amides is 3. The van der Waals surface area contributed by atoms with Crippen LogP contribution in [0.25, 0.3) is 10.9 Å². The number of ether oxygens (including phenoxy) is 1. The molecule has 0 spiro atoms. The summed E-state index contributed by atoms with van der Waals surface area (Å²) >= 11 is 0. The number of hydrogen-bond acceptors (Lipinski definition) is 5. The molecule has 1 unspecified atom stereocenters. The van der Waals surface area contributed by atoms with Crippen molar-refractivity contribution in [2.45, 2.75) is 32.3 Å². The Kier molecular flexibility index (Phi) is 4.06. The number of aromatic nitrogens is 1. The van der Waals surface area contributed by atoms with E-state index in [0.29, 0.717) is 12.1 Å². The van der Waals surface area contributed by atoms with E-state index in [4.69, 9.17) is 4.74 Å². The quantitative estimate of drug-likeness (QED) is 0.851. The molecule has 0 saturated carbocycles. The second-order valence-corrected chi connectivity index (χ2v) is 6.55. The van der Waals surface area contributed by atoms with Crippen molar-refractivity contribution in [2.24, 2.45) is 0 Å². The van der Waals surface area contributed by atoms with E-state index >= 15 is 0 Å². The maximum absolute atomic E-state index is 12.9. The second kappa shape index (κ2) is 6.40. The molecule has 0 radical (unpaired) electrons. The Morgan fingerprint density at radius 3 is 2.85 bits per heavy atom. The average molecular weight is 353 g/mol. The van der Waals surface area contributed by atoms with Crippen LogP contribution < -0.4 is 5.32 Å². The summed E-state index contributed by atoms with van der Waals surface area (Å²) in [6, 6.07) is 6.99. The molecule has 1 fully saturated rings. The Bertz CT molecular complexity index is 924. The molecule has 2 aromatic rings. The van der Waals surface area contributed by atoms with Gasteiger partial charge < -0.3 is 10.1 Å². The molecule has 1 aliphatic carbocycles. The summed E-state index contributed by atoms with van der Waals surface area (Å²) in [5.41, 5.74) is 3.08. The minimum absolute atomic E-state index is 0.285. The third-order valence-corrected chi connectivity index (χ3v) is 4.88. The summed E-state index contributed by atoms with van der Waals surface area (Å²) in [4.78, 5) is 42.7. The van der Waals surface area contributed by atoms with Gasteiger partial charge in [0.15, 0.2) is 6.10 Å². The predicted octanol–water partition coefficient (Wildman–Crippen LogP) is 1.82. The highest BCUT2D eigenvalue weighted by molar-refractivity contribution is 6.06. The molecule has 134 valence electrons. The van der Waals surface area contributed by atoms with Crippen LogP contribution in [-0.4, -0.2) is 47.0 Å². The molecule has 2 heterocycles. The number of imide groups is 1. The molecule has 7 nitrogen and oxygen atoms in total. The minimum atomic E-state index is -1.03. The number of urea groups is 1. The fourth-order valence-corrected chi connectivity index (χ4v) is 3.62. The molecule has 1 N–H and O–H groups in total. The Morgan fingerprint density at radius 1 is 1.27 bits per heavy atom. The van der Waals surface area contributed by atoms with Gasteiger partial charge in [0.2, 0.25) is 0 Å². The van der Waals surface area contributed by atoms with Gasteiger partial charge in [0, 0.05) is 24.2 Å². The van der Waals surface area contributed by atoms with Crippen LogP contribution in [0.3, 0.4) is 0 Å². The molecule has 1 aromatic carbocycles. The lowest BCUT2D eigenvalue weighted by Gasteiger charge is -2.19. The first-order chi connectivity index (χ1) is 12.6. The van der Waals surface area contributed by atoms with Crippen LogP contribution in [0.5, 0.6) is 0 Å². The lowest BCUT2D eigenvalue weighted by molar-refractivity contribution is -0.136. The Morgan fingerprint density at radius 2 is 2.08 bits per heavy atom. The largest absolute Gasteiger partial charge is 0.449 e. The van der Waals surface area contributed by atoms with Gasteiger partial charge in [-0.05, 0) is 37.8 Å². The monoisotopic (exact) mass is 353 g/mol. The van der Waals surface area contributed by atoms with Crippen LogP contribution in [0, 0.1) is 0 Å². The van der Waals surface area contributed by atoms with Crippen LogP contribution in [-0.2, 0) is 22.4 Å². The van der Waals surface area contributed by atoms with Crippen LogP contribution in [0.1, 0.15) is 35.0 Å². The maximum atomic E-state index is 12.9. The zero-order chi connectivity index (χ0) is 18.3. The number of rotatable bonds is 3. The number of pyridine rings is 1. The van der Waals surface area contributed by atoms with Crippen molar-refractivity contribution >= 4 is 28.8 Å². The third-order valence-electron chi connectivity index (χ3n) is 4.88. The van der Waals surface area contributed by atoms with Crippen molar-refractivity contribution in [3.8, 4) is 0 Å². The van der Waals surface area contributed by atoms with E-state index < -0.39 is 24.0 Å². The summed E-state index contributed by atoms with van der Waals surface area (Å²) in [7, 11) is 0. The molecule has 0 bridgehead atoms. The number of nitrogens with zero attached hydrogens (tertiary/aromatic N) is 2. The first kappa shape index (κ1) is 16.5. The molecule has 7 heteroatoms. The molecular weight excluding hydrogens is 334 g/mol. The smallest absolute Gasteiger partial charge is 0.339 e. The SMILES string of the molecule is CC(OC(=O)c1c2c(nc3ccccc13)CCC2)C(=O)N1CCNC1=O. The van der Waals surface area contributed by atoms with Crippen LogP contribution in [0.4, 0.5) is 4.79 Å². The molecule has 3 amide bonds. The minimum Gasteiger partial charge on any atom is -0.449 e. The number of carbonyl (C=O) groups excluding carboxylic acids is 3. The normalized spacial score (nSPS) is 17.1. The van der Waals surface area contributed by atoms with Gasteiger partial charge in [-0.1, -0.05) is 18.2 Å². The number of benzene rings is 1. The average Bonchev–Trinajstić information content (AvgIpc) is 3.27. The molecule has 26 heavy (non-hydrogen) atoms. The second-order valence-electron chi connectivity index (χ2n) is 6.55. The number of para-hydroxylation sites is 1. The van der Waals surface area contributed by atoms with Gasteiger partial charge in [-0.3, -0.25) is 14.7 Å². The van der Waals surface area contributed by atoms with Crippen molar-refractivity contribution in [1.82, 2.24) is 15.2 Å². The van der Waals surface area contributed by atoms with Crippen molar-refractivity contribution in [3.05, 3.63) is 41.1 Å². The van der Waals surface area contributed by atoms with E-state index in [1.54, 1.807) is 0 Å². The summed E-state index contributed by atoms with van der Waals surface area (Å²) in [5, 5.41) is 3.30. The number of aryl methyl sites for hydroxylation is 1. The summed E-state index contributed by atoms with van der Waals surface area (Å²) < 4.78 is 5.45. The molecule has 1 aliphatic heterocycles. The summed E-state index contributed by atoms with van der Waals surface area (Å²) in [5.74, 6) is -1.05. The molecular formula is C19H19N3O4. The van der Waals surface area contributed by atoms with E-state index in [1.807, 2.05) is 24.3 Å². The van der Waals surface area contributed by atoms with E-state index in [0.717, 1.165) is 46.3 Å². The molecule has 1 atom stereocenters. The fourth-order valence-electron chi connectivity index (χ4n) is 3.62. The Balaban J connectivity index is 1.64.